The fourth-order valence-corrected chi connectivity index (χ4v) is 3.26. The molecule has 1 aliphatic rings. The summed E-state index contributed by atoms with van der Waals surface area (Å²) in [6.45, 7) is 0.430. The molecule has 0 radical (unpaired) electrons. The minimum Gasteiger partial charge on any atom is -0.376 e. The number of aromatic nitrogens is 2. The lowest BCUT2D eigenvalue weighted by Gasteiger charge is -2.15. The molecular weight excluding hydrogens is 394 g/mol. The lowest BCUT2D eigenvalue weighted by atomic mass is 10.1. The monoisotopic (exact) mass is 407 g/mol. The second kappa shape index (κ2) is 7.46. The van der Waals surface area contributed by atoms with Gasteiger partial charge in [0.05, 0.1) is 30.3 Å². The van der Waals surface area contributed by atoms with Gasteiger partial charge in [0.15, 0.2) is 5.69 Å². The molecule has 0 spiro atoms. The van der Waals surface area contributed by atoms with E-state index in [2.05, 4.69) is 10.4 Å². The van der Waals surface area contributed by atoms with E-state index < -0.39 is 17.8 Å². The predicted octanol–water partition coefficient (Wildman–Crippen LogP) is 3.71. The second-order valence-electron chi connectivity index (χ2n) is 5.68. The number of hydrogen-bond donors (Lipinski definition) is 1. The molecule has 0 saturated carbocycles. The molecule has 0 bridgehead atoms. The summed E-state index contributed by atoms with van der Waals surface area (Å²) in [6, 6.07) is 4.45. The Kier molecular flexibility index (Phi) is 5.45. The third-order valence-electron chi connectivity index (χ3n) is 3.95. The van der Waals surface area contributed by atoms with Crippen LogP contribution in [0.1, 0.15) is 27.3 Å². The van der Waals surface area contributed by atoms with Crippen molar-refractivity contribution in [1.82, 2.24) is 15.1 Å². The molecule has 10 heteroatoms. The molecule has 140 valence electrons. The smallest absolute Gasteiger partial charge is 0.376 e. The Morgan fingerprint density at radius 3 is 2.81 bits per heavy atom. The maximum atomic E-state index is 13.1. The van der Waals surface area contributed by atoms with Crippen LogP contribution in [-0.4, -0.2) is 28.8 Å². The Bertz CT molecular complexity index is 837. The summed E-state index contributed by atoms with van der Waals surface area (Å²) in [5, 5.41) is 6.90. The molecule has 1 N–H and O–H groups in total. The Hall–Kier alpha value is -1.77. The zero-order valence-electron chi connectivity index (χ0n) is 13.4. The van der Waals surface area contributed by atoms with Gasteiger partial charge in [0.25, 0.3) is 5.91 Å². The highest BCUT2D eigenvalue weighted by atomic mass is 35.5. The van der Waals surface area contributed by atoms with E-state index >= 15 is 0 Å². The number of nitrogens with zero attached hydrogens (tertiary/aromatic N) is 2. The maximum absolute atomic E-state index is 13.1. The SMILES string of the molecule is O=C(NCCn1nc(C(F)(F)F)c2c1CCOC2)c1ccc(Cl)cc1Cl. The minimum absolute atomic E-state index is 0.0656. The molecule has 0 fully saturated rings. The molecule has 1 aromatic carbocycles. The van der Waals surface area contributed by atoms with Crippen LogP contribution in [-0.2, 0) is 30.5 Å². The lowest BCUT2D eigenvalue weighted by molar-refractivity contribution is -0.142. The van der Waals surface area contributed by atoms with Crippen LogP contribution in [0.5, 0.6) is 0 Å². The molecule has 5 nitrogen and oxygen atoms in total. The number of rotatable bonds is 4. The molecular formula is C16H14Cl2F3N3O2. The van der Waals surface area contributed by atoms with Crippen molar-refractivity contribution in [2.45, 2.75) is 25.7 Å². The average molecular weight is 408 g/mol. The van der Waals surface area contributed by atoms with Crippen LogP contribution in [0.3, 0.4) is 0 Å². The van der Waals surface area contributed by atoms with Gasteiger partial charge in [-0.05, 0) is 18.2 Å². The van der Waals surface area contributed by atoms with Gasteiger partial charge in [-0.1, -0.05) is 23.2 Å². The number of halogens is 5. The molecule has 2 heterocycles. The van der Waals surface area contributed by atoms with Gasteiger partial charge < -0.3 is 10.1 Å². The van der Waals surface area contributed by atoms with Gasteiger partial charge in [-0.25, -0.2) is 0 Å². The zero-order valence-corrected chi connectivity index (χ0v) is 14.9. The summed E-state index contributed by atoms with van der Waals surface area (Å²) in [5.41, 5.74) is -0.139. The van der Waals surface area contributed by atoms with Gasteiger partial charge in [0, 0.05) is 29.2 Å². The molecule has 0 aliphatic carbocycles. The van der Waals surface area contributed by atoms with Gasteiger partial charge in [-0.2, -0.15) is 18.3 Å². The number of benzene rings is 1. The Morgan fingerprint density at radius 1 is 1.35 bits per heavy atom. The first kappa shape index (κ1) is 19.0. The van der Waals surface area contributed by atoms with E-state index in [1.807, 2.05) is 0 Å². The van der Waals surface area contributed by atoms with E-state index in [0.717, 1.165) is 0 Å². The molecule has 26 heavy (non-hydrogen) atoms. The summed E-state index contributed by atoms with van der Waals surface area (Å²) in [7, 11) is 0. The molecule has 0 saturated heterocycles. The van der Waals surface area contributed by atoms with Gasteiger partial charge >= 0.3 is 6.18 Å². The Morgan fingerprint density at radius 2 is 2.12 bits per heavy atom. The summed E-state index contributed by atoms with van der Waals surface area (Å²) >= 11 is 11.7. The van der Waals surface area contributed by atoms with E-state index in [1.54, 1.807) is 0 Å². The maximum Gasteiger partial charge on any atom is 0.435 e. The highest BCUT2D eigenvalue weighted by Gasteiger charge is 2.39. The van der Waals surface area contributed by atoms with Gasteiger partial charge in [0.2, 0.25) is 0 Å². The second-order valence-corrected chi connectivity index (χ2v) is 6.52. The Labute approximate surface area is 157 Å². The summed E-state index contributed by atoms with van der Waals surface area (Å²) in [4.78, 5) is 12.2. The highest BCUT2D eigenvalue weighted by Crippen LogP contribution is 2.34. The molecule has 0 atom stereocenters. The third kappa shape index (κ3) is 3.97. The molecule has 2 aromatic rings. The van der Waals surface area contributed by atoms with E-state index in [9.17, 15) is 18.0 Å². The zero-order chi connectivity index (χ0) is 18.9. The van der Waals surface area contributed by atoms with Crippen molar-refractivity contribution >= 4 is 29.1 Å². The van der Waals surface area contributed by atoms with E-state index in [4.69, 9.17) is 27.9 Å². The highest BCUT2D eigenvalue weighted by molar-refractivity contribution is 6.36. The number of carbonyl (C=O) groups excluding carboxylic acids is 1. The quantitative estimate of drug-likeness (QED) is 0.840. The third-order valence-corrected chi connectivity index (χ3v) is 4.50. The fraction of sp³-hybridized carbons (Fsp3) is 0.375. The Balaban J connectivity index is 1.70. The van der Waals surface area contributed by atoms with Crippen molar-refractivity contribution < 1.29 is 22.7 Å². The van der Waals surface area contributed by atoms with Crippen LogP contribution in [0.15, 0.2) is 18.2 Å². The topological polar surface area (TPSA) is 56.2 Å². The van der Waals surface area contributed by atoms with E-state index in [0.29, 0.717) is 23.7 Å². The first-order valence-corrected chi connectivity index (χ1v) is 8.49. The lowest BCUT2D eigenvalue weighted by Crippen LogP contribution is -2.28. The van der Waals surface area contributed by atoms with Crippen molar-refractivity contribution in [3.63, 3.8) is 0 Å². The average Bonchev–Trinajstić information content (AvgIpc) is 2.94. The van der Waals surface area contributed by atoms with Crippen LogP contribution < -0.4 is 5.32 Å². The summed E-state index contributed by atoms with van der Waals surface area (Å²) in [5.74, 6) is -0.438. The number of amides is 1. The van der Waals surface area contributed by atoms with E-state index in [1.165, 1.54) is 22.9 Å². The number of alkyl halides is 3. The van der Waals surface area contributed by atoms with Gasteiger partial charge in [-0.3, -0.25) is 9.48 Å². The fourth-order valence-electron chi connectivity index (χ4n) is 2.77. The molecule has 1 aliphatic heterocycles. The van der Waals surface area contributed by atoms with Crippen LogP contribution in [0.4, 0.5) is 13.2 Å². The predicted molar refractivity (Wildman–Crippen MR) is 89.4 cm³/mol. The number of hydrogen-bond acceptors (Lipinski definition) is 3. The van der Waals surface area contributed by atoms with Crippen LogP contribution in [0, 0.1) is 0 Å². The standard InChI is InChI=1S/C16H14Cl2F3N3O2/c17-9-1-2-10(12(18)7-9)15(25)22-4-5-24-13-3-6-26-8-11(13)14(23-24)16(19,20)21/h1-2,7H,3-6,8H2,(H,22,25). The van der Waals surface area contributed by atoms with E-state index in [-0.39, 0.29) is 35.8 Å². The van der Waals surface area contributed by atoms with Crippen molar-refractivity contribution in [2.75, 3.05) is 13.2 Å². The molecule has 0 unspecified atom stereocenters. The first-order chi connectivity index (χ1) is 12.3. The number of carbonyl (C=O) groups is 1. The number of ether oxygens (including phenoxy) is 1. The normalized spacial score (nSPS) is 14.2. The summed E-state index contributed by atoms with van der Waals surface area (Å²) < 4.78 is 45.7. The summed E-state index contributed by atoms with van der Waals surface area (Å²) in [6.07, 6.45) is -4.20. The number of nitrogens with one attached hydrogen (secondary N) is 1. The largest absolute Gasteiger partial charge is 0.435 e. The van der Waals surface area contributed by atoms with Gasteiger partial charge in [-0.15, -0.1) is 0 Å². The molecule has 1 amide bonds. The van der Waals surface area contributed by atoms with Crippen LogP contribution in [0.25, 0.3) is 0 Å². The van der Waals surface area contributed by atoms with Crippen LogP contribution in [0.2, 0.25) is 10.0 Å². The first-order valence-electron chi connectivity index (χ1n) is 7.74. The van der Waals surface area contributed by atoms with Crippen molar-refractivity contribution in [2.24, 2.45) is 0 Å². The number of fused-ring (bicyclic) bond motifs is 1. The molecule has 1 aromatic heterocycles. The van der Waals surface area contributed by atoms with Crippen LogP contribution >= 0.6 is 23.2 Å². The van der Waals surface area contributed by atoms with Crippen molar-refractivity contribution in [1.29, 1.82) is 0 Å². The molecule has 3 rings (SSSR count). The minimum atomic E-state index is -4.55. The van der Waals surface area contributed by atoms with Crippen molar-refractivity contribution in [3.8, 4) is 0 Å². The van der Waals surface area contributed by atoms with Gasteiger partial charge in [0.1, 0.15) is 0 Å². The van der Waals surface area contributed by atoms with Crippen molar-refractivity contribution in [3.05, 3.63) is 50.8 Å².